The van der Waals surface area contributed by atoms with Crippen molar-refractivity contribution in [1.29, 1.82) is 0 Å². The minimum Gasteiger partial charge on any atom is -0.294 e. The van der Waals surface area contributed by atoms with Crippen LogP contribution >= 0.6 is 11.8 Å². The van der Waals surface area contributed by atoms with E-state index in [1.165, 1.54) is 0 Å². The van der Waals surface area contributed by atoms with E-state index in [9.17, 15) is 9.59 Å². The van der Waals surface area contributed by atoms with Crippen molar-refractivity contribution >= 4 is 28.7 Å². The molecular weight excluding hydrogens is 304 g/mol. The van der Waals surface area contributed by atoms with Gasteiger partial charge in [-0.2, -0.15) is 0 Å². The Hall–Kier alpha value is -2.39. The molecule has 0 N–H and O–H groups in total. The van der Waals surface area contributed by atoms with E-state index < -0.39 is 0 Å². The van der Waals surface area contributed by atoms with Gasteiger partial charge in [-0.25, -0.2) is 0 Å². The average molecular weight is 322 g/mol. The average Bonchev–Trinajstić information content (AvgIpc) is 2.56. The normalized spacial score (nSPS) is 11.6. The SMILES string of the molecule is C/C(=C\C=C\c1ccccc1)C(=O)CC(=O)Sc1ccccc1. The number of carbonyl (C=O) groups excluding carboxylic acids is 2. The van der Waals surface area contributed by atoms with Crippen LogP contribution in [0.4, 0.5) is 0 Å². The molecule has 0 aliphatic carbocycles. The molecular formula is C20H18O2S. The fourth-order valence-corrected chi connectivity index (χ4v) is 2.65. The van der Waals surface area contributed by atoms with E-state index in [0.717, 1.165) is 22.2 Å². The molecule has 0 saturated heterocycles. The molecule has 0 atom stereocenters. The maximum Gasteiger partial charge on any atom is 0.201 e. The molecule has 0 saturated carbocycles. The Kier molecular flexibility index (Phi) is 6.57. The second-order valence-corrected chi connectivity index (χ2v) is 6.14. The van der Waals surface area contributed by atoms with Gasteiger partial charge in [0, 0.05) is 4.90 Å². The van der Waals surface area contributed by atoms with Crippen molar-refractivity contribution in [3.8, 4) is 0 Å². The van der Waals surface area contributed by atoms with Gasteiger partial charge in [0.05, 0.1) is 6.42 Å². The first-order valence-corrected chi connectivity index (χ1v) is 8.16. The summed E-state index contributed by atoms with van der Waals surface area (Å²) in [6, 6.07) is 19.2. The van der Waals surface area contributed by atoms with E-state index in [-0.39, 0.29) is 17.3 Å². The summed E-state index contributed by atoms with van der Waals surface area (Å²) >= 11 is 1.11. The van der Waals surface area contributed by atoms with Crippen LogP contribution in [0, 0.1) is 0 Å². The quantitative estimate of drug-likeness (QED) is 0.327. The number of ketones is 1. The van der Waals surface area contributed by atoms with E-state index in [1.807, 2.05) is 72.8 Å². The lowest BCUT2D eigenvalue weighted by atomic mass is 10.1. The van der Waals surface area contributed by atoms with Gasteiger partial charge in [-0.05, 0) is 30.2 Å². The molecule has 2 nitrogen and oxygen atoms in total. The zero-order valence-corrected chi connectivity index (χ0v) is 13.8. The summed E-state index contributed by atoms with van der Waals surface area (Å²) in [5.74, 6) is -0.142. The molecule has 2 aromatic rings. The topological polar surface area (TPSA) is 34.1 Å². The van der Waals surface area contributed by atoms with E-state index in [2.05, 4.69) is 0 Å². The summed E-state index contributed by atoms with van der Waals surface area (Å²) in [5, 5.41) is -0.138. The monoisotopic (exact) mass is 322 g/mol. The van der Waals surface area contributed by atoms with Gasteiger partial charge in [-0.1, -0.05) is 78.5 Å². The van der Waals surface area contributed by atoms with Crippen LogP contribution in [0.25, 0.3) is 6.08 Å². The van der Waals surface area contributed by atoms with Crippen LogP contribution < -0.4 is 0 Å². The summed E-state index contributed by atoms with van der Waals surface area (Å²) in [7, 11) is 0. The third kappa shape index (κ3) is 6.09. The number of Topliss-reactive ketones (excluding diaryl/α,β-unsaturated/α-hetero) is 1. The molecule has 116 valence electrons. The van der Waals surface area contributed by atoms with Crippen molar-refractivity contribution in [2.45, 2.75) is 18.2 Å². The summed E-state index contributed by atoms with van der Waals surface area (Å²) in [5.41, 5.74) is 1.65. The number of hydrogen-bond acceptors (Lipinski definition) is 3. The van der Waals surface area contributed by atoms with E-state index >= 15 is 0 Å². The number of benzene rings is 2. The highest BCUT2D eigenvalue weighted by molar-refractivity contribution is 8.13. The molecule has 3 heteroatoms. The molecule has 0 amide bonds. The van der Waals surface area contributed by atoms with E-state index in [0.29, 0.717) is 5.57 Å². The molecule has 0 aromatic heterocycles. The van der Waals surface area contributed by atoms with Crippen molar-refractivity contribution in [3.63, 3.8) is 0 Å². The van der Waals surface area contributed by atoms with Gasteiger partial charge in [0.25, 0.3) is 0 Å². The van der Waals surface area contributed by atoms with Crippen LogP contribution in [0.5, 0.6) is 0 Å². The summed E-state index contributed by atoms with van der Waals surface area (Å²) < 4.78 is 0. The molecule has 0 radical (unpaired) electrons. The largest absolute Gasteiger partial charge is 0.294 e. The van der Waals surface area contributed by atoms with Gasteiger partial charge in [0.2, 0.25) is 5.12 Å². The lowest BCUT2D eigenvalue weighted by Gasteiger charge is -2.01. The maximum absolute atomic E-state index is 12.0. The van der Waals surface area contributed by atoms with Crippen molar-refractivity contribution < 1.29 is 9.59 Å². The van der Waals surface area contributed by atoms with Crippen molar-refractivity contribution in [2.75, 3.05) is 0 Å². The first-order valence-electron chi connectivity index (χ1n) is 7.34. The zero-order chi connectivity index (χ0) is 16.5. The van der Waals surface area contributed by atoms with Crippen LogP contribution in [0.15, 0.2) is 83.3 Å². The van der Waals surface area contributed by atoms with Gasteiger partial charge in [-0.3, -0.25) is 9.59 Å². The summed E-state index contributed by atoms with van der Waals surface area (Å²) in [6.07, 6.45) is 5.42. The number of thioether (sulfide) groups is 1. The molecule has 0 aliphatic rings. The van der Waals surface area contributed by atoms with Gasteiger partial charge >= 0.3 is 0 Å². The molecule has 0 fully saturated rings. The standard InChI is InChI=1S/C20H18O2S/c1-16(9-8-12-17-10-4-2-5-11-17)19(21)15-20(22)23-18-13-6-3-7-14-18/h2-14H,15H2,1H3/b12-8+,16-9+. The van der Waals surface area contributed by atoms with Gasteiger partial charge < -0.3 is 0 Å². The van der Waals surface area contributed by atoms with Crippen LogP contribution in [-0.4, -0.2) is 10.9 Å². The van der Waals surface area contributed by atoms with E-state index in [4.69, 9.17) is 0 Å². The molecule has 23 heavy (non-hydrogen) atoms. The molecule has 0 heterocycles. The van der Waals surface area contributed by atoms with Crippen molar-refractivity contribution in [2.24, 2.45) is 0 Å². The number of rotatable bonds is 6. The van der Waals surface area contributed by atoms with Crippen LogP contribution in [0.2, 0.25) is 0 Å². The molecule has 0 unspecified atom stereocenters. The first kappa shape index (κ1) is 17.0. The lowest BCUT2D eigenvalue weighted by Crippen LogP contribution is -2.05. The first-order chi connectivity index (χ1) is 11.1. The fourth-order valence-electron chi connectivity index (χ4n) is 1.89. The predicted octanol–water partition coefficient (Wildman–Crippen LogP) is 4.92. The molecule has 0 spiro atoms. The van der Waals surface area contributed by atoms with Crippen molar-refractivity contribution in [3.05, 3.63) is 84.0 Å². The Morgan fingerprint density at radius 3 is 2.22 bits per heavy atom. The molecule has 2 rings (SSSR count). The van der Waals surface area contributed by atoms with Crippen molar-refractivity contribution in [1.82, 2.24) is 0 Å². The van der Waals surface area contributed by atoms with Gasteiger partial charge in [-0.15, -0.1) is 0 Å². The summed E-state index contributed by atoms with van der Waals surface area (Å²) in [4.78, 5) is 24.8. The Bertz CT molecular complexity index is 716. The minimum absolute atomic E-state index is 0.0823. The molecule has 2 aromatic carbocycles. The minimum atomic E-state index is -0.142. The second kappa shape index (κ2) is 8.91. The highest BCUT2D eigenvalue weighted by atomic mass is 32.2. The Morgan fingerprint density at radius 2 is 1.57 bits per heavy atom. The van der Waals surface area contributed by atoms with E-state index in [1.54, 1.807) is 13.0 Å². The lowest BCUT2D eigenvalue weighted by molar-refractivity contribution is -0.120. The van der Waals surface area contributed by atoms with Crippen LogP contribution in [0.3, 0.4) is 0 Å². The Morgan fingerprint density at radius 1 is 0.957 bits per heavy atom. The number of carbonyl (C=O) groups is 2. The predicted molar refractivity (Wildman–Crippen MR) is 96.2 cm³/mol. The maximum atomic E-state index is 12.0. The third-order valence-electron chi connectivity index (χ3n) is 3.15. The second-order valence-electron chi connectivity index (χ2n) is 5.01. The zero-order valence-electron chi connectivity index (χ0n) is 12.9. The Balaban J connectivity index is 1.88. The molecule has 0 bridgehead atoms. The van der Waals surface area contributed by atoms with Crippen LogP contribution in [-0.2, 0) is 9.59 Å². The number of allylic oxidation sites excluding steroid dienone is 3. The van der Waals surface area contributed by atoms with Gasteiger partial charge in [0.1, 0.15) is 0 Å². The van der Waals surface area contributed by atoms with Gasteiger partial charge in [0.15, 0.2) is 5.78 Å². The van der Waals surface area contributed by atoms with Crippen LogP contribution in [0.1, 0.15) is 18.9 Å². The smallest absolute Gasteiger partial charge is 0.201 e. The fraction of sp³-hybridized carbons (Fsp3) is 0.100. The number of hydrogen-bond donors (Lipinski definition) is 0. The summed E-state index contributed by atoms with van der Waals surface area (Å²) in [6.45, 7) is 1.73. The third-order valence-corrected chi connectivity index (χ3v) is 4.03. The highest BCUT2D eigenvalue weighted by Gasteiger charge is 2.12. The highest BCUT2D eigenvalue weighted by Crippen LogP contribution is 2.20. The Labute approximate surface area is 140 Å². The molecule has 0 aliphatic heterocycles.